The van der Waals surface area contributed by atoms with Gasteiger partial charge in [0.1, 0.15) is 12.2 Å². The molecule has 0 aliphatic carbocycles. The molecule has 1 heterocycles. The monoisotopic (exact) mass is 293 g/mol. The molecule has 0 spiro atoms. The largest absolute Gasteiger partial charge is 0.369 e. The first-order chi connectivity index (χ1) is 9.97. The number of benzene rings is 1. The first-order valence-corrected chi connectivity index (χ1v) is 6.58. The van der Waals surface area contributed by atoms with Crippen LogP contribution >= 0.6 is 0 Å². The average Bonchev–Trinajstić information content (AvgIpc) is 2.47. The Kier molecular flexibility index (Phi) is 4.52. The Morgan fingerprint density at radius 2 is 1.52 bits per heavy atom. The number of piperazine rings is 1. The van der Waals surface area contributed by atoms with Gasteiger partial charge in [-0.1, -0.05) is 0 Å². The van der Waals surface area contributed by atoms with Crippen LogP contribution in [-0.4, -0.2) is 53.7 Å². The smallest absolute Gasteiger partial charge is 0.253 e. The third-order valence-corrected chi connectivity index (χ3v) is 3.34. The lowest BCUT2D eigenvalue weighted by molar-refractivity contribution is -0.136. The highest BCUT2D eigenvalue weighted by atomic mass is 19.1. The van der Waals surface area contributed by atoms with Gasteiger partial charge in [-0.3, -0.25) is 14.4 Å². The van der Waals surface area contributed by atoms with Gasteiger partial charge in [0.05, 0.1) is 0 Å². The summed E-state index contributed by atoms with van der Waals surface area (Å²) in [6.07, 6.45) is -0.314. The lowest BCUT2D eigenvalue weighted by atomic mass is 10.1. The highest BCUT2D eigenvalue weighted by molar-refractivity contribution is 5.96. The zero-order valence-electron chi connectivity index (χ0n) is 11.4. The van der Waals surface area contributed by atoms with Gasteiger partial charge in [-0.25, -0.2) is 4.39 Å². The lowest BCUT2D eigenvalue weighted by Crippen LogP contribution is -2.51. The molecule has 112 valence electrons. The standard InChI is InChI=1S/C14H16FN3O3/c15-11-3-1-10(2-4-11)14(21)18-7-5-17(6-8-18)13(20)9-12(16)19/h1-4H,5-9H2,(H2,16,19). The maximum absolute atomic E-state index is 12.8. The molecule has 1 aliphatic rings. The van der Waals surface area contributed by atoms with Crippen LogP contribution in [0.5, 0.6) is 0 Å². The number of hydrogen-bond acceptors (Lipinski definition) is 3. The van der Waals surface area contributed by atoms with Crippen molar-refractivity contribution >= 4 is 17.7 Å². The molecule has 0 bridgehead atoms. The van der Waals surface area contributed by atoms with E-state index in [1.54, 1.807) is 4.90 Å². The van der Waals surface area contributed by atoms with Crippen LogP contribution in [0.4, 0.5) is 4.39 Å². The lowest BCUT2D eigenvalue weighted by Gasteiger charge is -2.34. The van der Waals surface area contributed by atoms with Crippen LogP contribution in [0.2, 0.25) is 0 Å². The van der Waals surface area contributed by atoms with Gasteiger partial charge in [0.2, 0.25) is 11.8 Å². The Morgan fingerprint density at radius 1 is 1.00 bits per heavy atom. The van der Waals surface area contributed by atoms with Gasteiger partial charge in [-0.05, 0) is 24.3 Å². The van der Waals surface area contributed by atoms with Crippen molar-refractivity contribution in [3.05, 3.63) is 35.6 Å². The number of nitrogens with zero attached hydrogens (tertiary/aromatic N) is 2. The van der Waals surface area contributed by atoms with Crippen LogP contribution in [-0.2, 0) is 9.59 Å². The van der Waals surface area contributed by atoms with Crippen molar-refractivity contribution < 1.29 is 18.8 Å². The number of hydrogen-bond donors (Lipinski definition) is 1. The fourth-order valence-electron chi connectivity index (χ4n) is 2.19. The van der Waals surface area contributed by atoms with E-state index in [1.807, 2.05) is 0 Å². The fourth-order valence-corrected chi connectivity index (χ4v) is 2.19. The highest BCUT2D eigenvalue weighted by Crippen LogP contribution is 2.10. The molecule has 2 rings (SSSR count). The van der Waals surface area contributed by atoms with Gasteiger partial charge in [-0.2, -0.15) is 0 Å². The molecule has 0 saturated carbocycles. The van der Waals surface area contributed by atoms with Crippen LogP contribution in [0.25, 0.3) is 0 Å². The summed E-state index contributed by atoms with van der Waals surface area (Å²) in [5, 5.41) is 0. The van der Waals surface area contributed by atoms with Gasteiger partial charge >= 0.3 is 0 Å². The second-order valence-electron chi connectivity index (χ2n) is 4.82. The van der Waals surface area contributed by atoms with Crippen molar-refractivity contribution in [2.45, 2.75) is 6.42 Å². The number of halogens is 1. The predicted molar refractivity (Wildman–Crippen MR) is 72.7 cm³/mol. The number of carbonyl (C=O) groups is 3. The molecule has 6 nitrogen and oxygen atoms in total. The quantitative estimate of drug-likeness (QED) is 0.795. The Hall–Kier alpha value is -2.44. The van der Waals surface area contributed by atoms with E-state index in [0.717, 1.165) is 0 Å². The summed E-state index contributed by atoms with van der Waals surface area (Å²) in [6, 6.07) is 5.34. The second-order valence-corrected chi connectivity index (χ2v) is 4.82. The molecule has 0 radical (unpaired) electrons. The molecule has 0 unspecified atom stereocenters. The molecule has 1 aliphatic heterocycles. The van der Waals surface area contributed by atoms with Crippen molar-refractivity contribution in [3.8, 4) is 0 Å². The van der Waals surface area contributed by atoms with E-state index in [0.29, 0.717) is 31.7 Å². The summed E-state index contributed by atoms with van der Waals surface area (Å²) >= 11 is 0. The molecule has 21 heavy (non-hydrogen) atoms. The van der Waals surface area contributed by atoms with Crippen molar-refractivity contribution in [2.75, 3.05) is 26.2 Å². The van der Waals surface area contributed by atoms with Crippen LogP contribution < -0.4 is 5.73 Å². The Labute approximate surface area is 121 Å². The maximum atomic E-state index is 12.8. The minimum atomic E-state index is -0.662. The van der Waals surface area contributed by atoms with Crippen molar-refractivity contribution in [3.63, 3.8) is 0 Å². The zero-order valence-corrected chi connectivity index (χ0v) is 11.4. The van der Waals surface area contributed by atoms with E-state index >= 15 is 0 Å². The molecule has 1 fully saturated rings. The molecular weight excluding hydrogens is 277 g/mol. The summed E-state index contributed by atoms with van der Waals surface area (Å²) in [6.45, 7) is 1.47. The molecular formula is C14H16FN3O3. The molecule has 1 aromatic carbocycles. The number of nitrogens with two attached hydrogens (primary N) is 1. The normalized spacial score (nSPS) is 14.9. The summed E-state index contributed by atoms with van der Waals surface area (Å²) in [7, 11) is 0. The summed E-state index contributed by atoms with van der Waals surface area (Å²) in [4.78, 5) is 37.7. The van der Waals surface area contributed by atoms with E-state index < -0.39 is 11.7 Å². The zero-order chi connectivity index (χ0) is 15.4. The Balaban J connectivity index is 1.91. The SMILES string of the molecule is NC(=O)CC(=O)N1CCN(C(=O)c2ccc(F)cc2)CC1. The van der Waals surface area contributed by atoms with Gasteiger partial charge < -0.3 is 15.5 Å². The predicted octanol–water partition coefficient (Wildman–Crippen LogP) is -0.0145. The molecule has 1 saturated heterocycles. The van der Waals surface area contributed by atoms with Gasteiger partial charge in [0, 0.05) is 31.7 Å². The minimum Gasteiger partial charge on any atom is -0.369 e. The van der Waals surface area contributed by atoms with Crippen molar-refractivity contribution in [1.82, 2.24) is 9.80 Å². The number of amides is 3. The molecule has 0 aromatic heterocycles. The topological polar surface area (TPSA) is 83.7 Å². The average molecular weight is 293 g/mol. The van der Waals surface area contributed by atoms with E-state index in [4.69, 9.17) is 5.73 Å². The summed E-state index contributed by atoms with van der Waals surface area (Å²) in [5.74, 6) is -1.58. The van der Waals surface area contributed by atoms with E-state index in [9.17, 15) is 18.8 Å². The summed E-state index contributed by atoms with van der Waals surface area (Å²) in [5.41, 5.74) is 5.39. The number of carbonyl (C=O) groups excluding carboxylic acids is 3. The van der Waals surface area contributed by atoms with Gasteiger partial charge in [-0.15, -0.1) is 0 Å². The van der Waals surface area contributed by atoms with Crippen molar-refractivity contribution in [2.24, 2.45) is 5.73 Å². The van der Waals surface area contributed by atoms with Gasteiger partial charge in [0.15, 0.2) is 0 Å². The van der Waals surface area contributed by atoms with E-state index in [1.165, 1.54) is 29.2 Å². The molecule has 7 heteroatoms. The van der Waals surface area contributed by atoms with Crippen molar-refractivity contribution in [1.29, 1.82) is 0 Å². The minimum absolute atomic E-state index is 0.197. The molecule has 2 N–H and O–H groups in total. The first-order valence-electron chi connectivity index (χ1n) is 6.58. The molecule has 1 aromatic rings. The first kappa shape index (κ1) is 15.0. The summed E-state index contributed by atoms with van der Waals surface area (Å²) < 4.78 is 12.8. The third-order valence-electron chi connectivity index (χ3n) is 3.34. The third kappa shape index (κ3) is 3.77. The maximum Gasteiger partial charge on any atom is 0.253 e. The highest BCUT2D eigenvalue weighted by Gasteiger charge is 2.25. The van der Waals surface area contributed by atoms with Crippen LogP contribution in [0.15, 0.2) is 24.3 Å². The van der Waals surface area contributed by atoms with Gasteiger partial charge in [0.25, 0.3) is 5.91 Å². The number of rotatable bonds is 3. The number of primary amides is 1. The van der Waals surface area contributed by atoms with E-state index in [2.05, 4.69) is 0 Å². The van der Waals surface area contributed by atoms with E-state index in [-0.39, 0.29) is 18.2 Å². The Bertz CT molecular complexity index is 551. The molecule has 3 amide bonds. The Morgan fingerprint density at radius 3 is 2.05 bits per heavy atom. The van der Waals surface area contributed by atoms with Crippen LogP contribution in [0.1, 0.15) is 16.8 Å². The van der Waals surface area contributed by atoms with Crippen LogP contribution in [0, 0.1) is 5.82 Å². The second kappa shape index (κ2) is 6.34. The molecule has 0 atom stereocenters. The van der Waals surface area contributed by atoms with Crippen LogP contribution in [0.3, 0.4) is 0 Å². The fraction of sp³-hybridized carbons (Fsp3) is 0.357.